The zero-order valence-corrected chi connectivity index (χ0v) is 7.67. The van der Waals surface area contributed by atoms with Gasteiger partial charge in [-0.3, -0.25) is 4.98 Å². The lowest BCUT2D eigenvalue weighted by Crippen LogP contribution is -2.31. The van der Waals surface area contributed by atoms with Crippen molar-refractivity contribution < 1.29 is 13.2 Å². The molecule has 1 atom stereocenters. The quantitative estimate of drug-likeness (QED) is 0.817. The van der Waals surface area contributed by atoms with Gasteiger partial charge in [-0.1, -0.05) is 6.07 Å². The number of aromatic nitrogens is 1. The fraction of sp³-hybridized carbons (Fsp3) is 0.444. The number of pyridine rings is 1. The Morgan fingerprint density at radius 3 is 2.64 bits per heavy atom. The molecule has 1 heterocycles. The summed E-state index contributed by atoms with van der Waals surface area (Å²) in [6, 6.07) is 4.76. The van der Waals surface area contributed by atoms with Gasteiger partial charge in [0.25, 0.3) is 0 Å². The summed E-state index contributed by atoms with van der Waals surface area (Å²) in [5.74, 6) is 0. The van der Waals surface area contributed by atoms with Crippen LogP contribution in [0.3, 0.4) is 0 Å². The third-order valence-corrected chi connectivity index (χ3v) is 1.74. The second-order valence-electron chi connectivity index (χ2n) is 2.97. The van der Waals surface area contributed by atoms with Gasteiger partial charge in [0, 0.05) is 12.2 Å². The first-order chi connectivity index (χ1) is 6.49. The number of hydrogen-bond donors (Lipinski definition) is 1. The first-order valence-electron chi connectivity index (χ1n) is 4.20. The first kappa shape index (κ1) is 11.0. The number of rotatable bonds is 3. The van der Waals surface area contributed by atoms with Gasteiger partial charge in [-0.25, -0.2) is 0 Å². The third kappa shape index (κ3) is 3.74. The maximum Gasteiger partial charge on any atom is 0.401 e. The molecule has 0 spiro atoms. The number of nitrogens with one attached hydrogen (secondary N) is 1. The van der Waals surface area contributed by atoms with Crippen LogP contribution in [0.25, 0.3) is 0 Å². The standard InChI is InChI=1S/C9H11F3N2/c1-7(14-6-9(10,11)12)8-4-2-3-5-13-8/h2-5,7,14H,6H2,1H3/t7-/m1/s1. The lowest BCUT2D eigenvalue weighted by atomic mass is 10.2. The second kappa shape index (κ2) is 4.41. The van der Waals surface area contributed by atoms with E-state index in [0.717, 1.165) is 0 Å². The van der Waals surface area contributed by atoms with Gasteiger partial charge >= 0.3 is 6.18 Å². The van der Waals surface area contributed by atoms with Crippen molar-refractivity contribution in [2.24, 2.45) is 0 Å². The van der Waals surface area contributed by atoms with Crippen molar-refractivity contribution in [3.05, 3.63) is 30.1 Å². The Morgan fingerprint density at radius 1 is 1.43 bits per heavy atom. The third-order valence-electron chi connectivity index (χ3n) is 1.74. The summed E-state index contributed by atoms with van der Waals surface area (Å²) < 4.78 is 35.5. The van der Waals surface area contributed by atoms with Crippen molar-refractivity contribution in [3.8, 4) is 0 Å². The van der Waals surface area contributed by atoms with Crippen LogP contribution in [-0.2, 0) is 0 Å². The lowest BCUT2D eigenvalue weighted by molar-refractivity contribution is -0.126. The molecule has 5 heteroatoms. The van der Waals surface area contributed by atoms with Crippen LogP contribution in [-0.4, -0.2) is 17.7 Å². The Labute approximate surface area is 80.2 Å². The molecule has 0 amide bonds. The number of nitrogens with zero attached hydrogens (tertiary/aromatic N) is 1. The molecule has 2 nitrogen and oxygen atoms in total. The monoisotopic (exact) mass is 204 g/mol. The van der Waals surface area contributed by atoms with Crippen molar-refractivity contribution in [3.63, 3.8) is 0 Å². The molecule has 1 rings (SSSR count). The molecule has 0 aliphatic carbocycles. The molecule has 14 heavy (non-hydrogen) atoms. The van der Waals surface area contributed by atoms with Gasteiger partial charge in [-0.2, -0.15) is 13.2 Å². The predicted molar refractivity (Wildman–Crippen MR) is 46.7 cm³/mol. The van der Waals surface area contributed by atoms with E-state index < -0.39 is 18.8 Å². The largest absolute Gasteiger partial charge is 0.401 e. The van der Waals surface area contributed by atoms with Crippen LogP contribution in [0.4, 0.5) is 13.2 Å². The molecule has 0 saturated heterocycles. The molecule has 1 N–H and O–H groups in total. The zero-order chi connectivity index (χ0) is 10.6. The second-order valence-corrected chi connectivity index (χ2v) is 2.97. The summed E-state index contributed by atoms with van der Waals surface area (Å²) in [4.78, 5) is 3.95. The Kier molecular flexibility index (Phi) is 3.46. The summed E-state index contributed by atoms with van der Waals surface area (Å²) in [5, 5.41) is 2.35. The van der Waals surface area contributed by atoms with Crippen molar-refractivity contribution in [1.82, 2.24) is 10.3 Å². The van der Waals surface area contributed by atoms with E-state index in [-0.39, 0.29) is 0 Å². The molecule has 0 unspecified atom stereocenters. The Balaban J connectivity index is 2.48. The molecule has 0 bridgehead atoms. The van der Waals surface area contributed by atoms with Crippen LogP contribution in [0.5, 0.6) is 0 Å². The van der Waals surface area contributed by atoms with E-state index in [1.54, 1.807) is 31.3 Å². The van der Waals surface area contributed by atoms with Gasteiger partial charge in [-0.05, 0) is 19.1 Å². The average molecular weight is 204 g/mol. The lowest BCUT2D eigenvalue weighted by Gasteiger charge is -2.14. The topological polar surface area (TPSA) is 24.9 Å². The normalized spacial score (nSPS) is 14.0. The zero-order valence-electron chi connectivity index (χ0n) is 7.67. The van der Waals surface area contributed by atoms with Gasteiger partial charge in [0.05, 0.1) is 12.2 Å². The molecule has 78 valence electrons. The minimum absolute atomic E-state index is 0.391. The molecule has 0 fully saturated rings. The maximum atomic E-state index is 11.8. The maximum absolute atomic E-state index is 11.8. The summed E-state index contributed by atoms with van der Waals surface area (Å²) >= 11 is 0. The predicted octanol–water partition coefficient (Wildman–Crippen LogP) is 2.29. The molecule has 0 aliphatic heterocycles. The van der Waals surface area contributed by atoms with Gasteiger partial charge in [0.15, 0.2) is 0 Å². The van der Waals surface area contributed by atoms with Crippen molar-refractivity contribution in [1.29, 1.82) is 0 Å². The molecule has 1 aromatic rings. The highest BCUT2D eigenvalue weighted by molar-refractivity contribution is 5.07. The highest BCUT2D eigenvalue weighted by Crippen LogP contribution is 2.15. The average Bonchev–Trinajstić information content (AvgIpc) is 2.14. The molecule has 0 saturated carbocycles. The van der Waals surface area contributed by atoms with Gasteiger partial charge in [0.2, 0.25) is 0 Å². The van der Waals surface area contributed by atoms with Gasteiger partial charge in [-0.15, -0.1) is 0 Å². The summed E-state index contributed by atoms with van der Waals surface area (Å²) in [5.41, 5.74) is 0.608. The van der Waals surface area contributed by atoms with Gasteiger partial charge in [0.1, 0.15) is 0 Å². The minimum atomic E-state index is -4.18. The van der Waals surface area contributed by atoms with E-state index in [1.165, 1.54) is 0 Å². The van der Waals surface area contributed by atoms with E-state index >= 15 is 0 Å². The van der Waals surface area contributed by atoms with Crippen LogP contribution in [0, 0.1) is 0 Å². The Bertz CT molecular complexity index is 271. The van der Waals surface area contributed by atoms with E-state index in [9.17, 15) is 13.2 Å². The molecule has 0 aromatic carbocycles. The fourth-order valence-corrected chi connectivity index (χ4v) is 1.01. The summed E-state index contributed by atoms with van der Waals surface area (Å²) in [6.07, 6.45) is -2.62. The van der Waals surface area contributed by atoms with E-state index in [2.05, 4.69) is 10.3 Å². The number of alkyl halides is 3. The molecule has 0 radical (unpaired) electrons. The van der Waals surface area contributed by atoms with Crippen molar-refractivity contribution in [2.75, 3.05) is 6.54 Å². The Morgan fingerprint density at radius 2 is 2.14 bits per heavy atom. The summed E-state index contributed by atoms with van der Waals surface area (Å²) in [7, 11) is 0. The summed E-state index contributed by atoms with van der Waals surface area (Å²) in [6.45, 7) is 0.652. The van der Waals surface area contributed by atoms with Crippen LogP contribution >= 0.6 is 0 Å². The highest BCUT2D eigenvalue weighted by atomic mass is 19.4. The van der Waals surface area contributed by atoms with Crippen LogP contribution in [0.15, 0.2) is 24.4 Å². The van der Waals surface area contributed by atoms with Crippen LogP contribution < -0.4 is 5.32 Å². The minimum Gasteiger partial charge on any atom is -0.301 e. The smallest absolute Gasteiger partial charge is 0.301 e. The molecule has 0 aliphatic rings. The van der Waals surface area contributed by atoms with E-state index in [4.69, 9.17) is 0 Å². The number of halogens is 3. The van der Waals surface area contributed by atoms with Crippen molar-refractivity contribution in [2.45, 2.75) is 19.1 Å². The molecular weight excluding hydrogens is 193 g/mol. The van der Waals surface area contributed by atoms with Gasteiger partial charge < -0.3 is 5.32 Å². The van der Waals surface area contributed by atoms with Crippen LogP contribution in [0.2, 0.25) is 0 Å². The highest BCUT2D eigenvalue weighted by Gasteiger charge is 2.27. The van der Waals surface area contributed by atoms with E-state index in [0.29, 0.717) is 5.69 Å². The first-order valence-corrected chi connectivity index (χ1v) is 4.20. The molecule has 1 aromatic heterocycles. The van der Waals surface area contributed by atoms with Crippen LogP contribution in [0.1, 0.15) is 18.7 Å². The fourth-order valence-electron chi connectivity index (χ4n) is 1.01. The van der Waals surface area contributed by atoms with Crippen molar-refractivity contribution >= 4 is 0 Å². The number of hydrogen-bond acceptors (Lipinski definition) is 2. The molecular formula is C9H11F3N2. The SMILES string of the molecule is C[C@@H](NCC(F)(F)F)c1ccccn1. The Hall–Kier alpha value is -1.10. The van der Waals surface area contributed by atoms with E-state index in [1.807, 2.05) is 0 Å².